The smallest absolute Gasteiger partial charge is 0.258 e. The highest BCUT2D eigenvalue weighted by Crippen LogP contribution is 2.43. The lowest BCUT2D eigenvalue weighted by atomic mass is 10.0. The van der Waals surface area contributed by atoms with Crippen LogP contribution >= 0.6 is 46.4 Å². The van der Waals surface area contributed by atoms with Gasteiger partial charge in [0.25, 0.3) is 0 Å². The first-order valence-electron chi connectivity index (χ1n) is 6.94. The Balaban J connectivity index is 2.35. The Bertz CT molecular complexity index is 923. The Morgan fingerprint density at radius 3 is 1.96 bits per heavy atom. The molecule has 2 aromatic carbocycles. The van der Waals surface area contributed by atoms with E-state index in [1.165, 1.54) is 12.3 Å². The second-order valence-electron chi connectivity index (χ2n) is 5.02. The molecule has 0 bridgehead atoms. The van der Waals surface area contributed by atoms with Crippen molar-refractivity contribution in [2.24, 2.45) is 0 Å². The summed E-state index contributed by atoms with van der Waals surface area (Å²) < 4.78 is 0. The van der Waals surface area contributed by atoms with Gasteiger partial charge < -0.3 is 0 Å². The van der Waals surface area contributed by atoms with Crippen molar-refractivity contribution in [1.29, 1.82) is 0 Å². The Kier molecular flexibility index (Phi) is 5.16. The molecule has 8 heteroatoms. The fraction of sp³-hybridized carbons (Fsp3) is 0. The summed E-state index contributed by atoms with van der Waals surface area (Å²) in [6, 6.07) is 11.3. The molecule has 3 aromatic rings. The number of halogens is 4. The summed E-state index contributed by atoms with van der Waals surface area (Å²) in [6.07, 6.45) is 1.45. The number of benzene rings is 2. The number of hydrogen-bond donors (Lipinski definition) is 0. The van der Waals surface area contributed by atoms with Crippen molar-refractivity contribution in [2.75, 3.05) is 0 Å². The molecule has 126 valence electrons. The molecule has 0 unspecified atom stereocenters. The number of nitro groups is 1. The van der Waals surface area contributed by atoms with Gasteiger partial charge in [-0.05, 0) is 18.2 Å². The first-order valence-corrected chi connectivity index (χ1v) is 8.45. The van der Waals surface area contributed by atoms with Crippen molar-refractivity contribution in [1.82, 2.24) is 4.98 Å². The Labute approximate surface area is 163 Å². The molecule has 1 heterocycles. The molecule has 0 saturated heterocycles. The summed E-state index contributed by atoms with van der Waals surface area (Å²) in [5.41, 5.74) is 0.962. The fourth-order valence-corrected chi connectivity index (χ4v) is 3.24. The van der Waals surface area contributed by atoms with Gasteiger partial charge in [-0.1, -0.05) is 70.7 Å². The van der Waals surface area contributed by atoms with Crippen molar-refractivity contribution >= 4 is 52.1 Å². The van der Waals surface area contributed by atoms with E-state index in [-0.39, 0.29) is 26.4 Å². The van der Waals surface area contributed by atoms with E-state index in [0.717, 1.165) is 0 Å². The number of aromatic nitrogens is 1. The minimum absolute atomic E-state index is 0.103. The van der Waals surface area contributed by atoms with E-state index in [0.29, 0.717) is 21.7 Å². The molecule has 4 nitrogen and oxygen atoms in total. The first-order chi connectivity index (χ1) is 11.9. The summed E-state index contributed by atoms with van der Waals surface area (Å²) in [6.45, 7) is 0. The maximum absolute atomic E-state index is 11.8. The van der Waals surface area contributed by atoms with Crippen LogP contribution < -0.4 is 0 Å². The van der Waals surface area contributed by atoms with Gasteiger partial charge in [-0.2, -0.15) is 0 Å². The fourth-order valence-electron chi connectivity index (χ4n) is 2.45. The maximum Gasteiger partial charge on any atom is 0.303 e. The molecule has 0 aliphatic heterocycles. The average Bonchev–Trinajstić information content (AvgIpc) is 2.59. The highest BCUT2D eigenvalue weighted by molar-refractivity contribution is 6.44. The van der Waals surface area contributed by atoms with Crippen LogP contribution in [0.25, 0.3) is 22.4 Å². The zero-order valence-electron chi connectivity index (χ0n) is 12.3. The van der Waals surface area contributed by atoms with E-state index in [1.54, 1.807) is 36.4 Å². The Morgan fingerprint density at radius 2 is 1.36 bits per heavy atom. The van der Waals surface area contributed by atoms with E-state index in [1.807, 2.05) is 0 Å². The molecule has 0 fully saturated rings. The van der Waals surface area contributed by atoms with Gasteiger partial charge in [-0.3, -0.25) is 10.1 Å². The van der Waals surface area contributed by atoms with Crippen LogP contribution in [0.5, 0.6) is 0 Å². The third kappa shape index (κ3) is 3.31. The highest BCUT2D eigenvalue weighted by atomic mass is 35.5. The van der Waals surface area contributed by atoms with Crippen LogP contribution in [0.1, 0.15) is 0 Å². The molecule has 0 saturated carbocycles. The van der Waals surface area contributed by atoms with Gasteiger partial charge in [-0.25, -0.2) is 4.98 Å². The lowest BCUT2D eigenvalue weighted by molar-refractivity contribution is -0.383. The molecular weight excluding hydrogens is 406 g/mol. The van der Waals surface area contributed by atoms with Gasteiger partial charge >= 0.3 is 5.69 Å². The Hall–Kier alpha value is -1.85. The van der Waals surface area contributed by atoms with Gasteiger partial charge in [0, 0.05) is 17.3 Å². The van der Waals surface area contributed by atoms with Gasteiger partial charge in [0.2, 0.25) is 0 Å². The summed E-state index contributed by atoms with van der Waals surface area (Å²) in [5, 5.41) is 12.8. The minimum atomic E-state index is -0.522. The molecule has 0 atom stereocenters. The van der Waals surface area contributed by atoms with Crippen LogP contribution in [0.2, 0.25) is 20.1 Å². The predicted molar refractivity (Wildman–Crippen MR) is 102 cm³/mol. The average molecular weight is 414 g/mol. The van der Waals surface area contributed by atoms with Crippen LogP contribution in [0.4, 0.5) is 5.69 Å². The van der Waals surface area contributed by atoms with Crippen LogP contribution in [0.3, 0.4) is 0 Å². The van der Waals surface area contributed by atoms with Crippen molar-refractivity contribution in [3.63, 3.8) is 0 Å². The van der Waals surface area contributed by atoms with Crippen molar-refractivity contribution in [3.8, 4) is 22.4 Å². The summed E-state index contributed by atoms with van der Waals surface area (Å²) in [5.74, 6) is 0. The van der Waals surface area contributed by atoms with Gasteiger partial charge in [0.15, 0.2) is 0 Å². The van der Waals surface area contributed by atoms with E-state index >= 15 is 0 Å². The Morgan fingerprint density at radius 1 is 0.800 bits per heavy atom. The molecular formula is C17H8Cl4N2O2. The zero-order chi connectivity index (χ0) is 18.1. The lowest BCUT2D eigenvalue weighted by Crippen LogP contribution is -1.99. The molecule has 0 radical (unpaired) electrons. The topological polar surface area (TPSA) is 56.0 Å². The number of rotatable bonds is 3. The molecule has 0 N–H and O–H groups in total. The standard InChI is InChI=1S/C17H8Cl4N2O2/c18-12-5-1-3-9(14(12)20)10-7-8-22-16(17(10)23(24)25)11-4-2-6-13(19)15(11)21/h1-8H. The SMILES string of the molecule is O=[N+]([O-])c1c(-c2cccc(Cl)c2Cl)ccnc1-c1cccc(Cl)c1Cl. The van der Waals surface area contributed by atoms with Crippen LogP contribution in [0, 0.1) is 10.1 Å². The maximum atomic E-state index is 11.8. The van der Waals surface area contributed by atoms with Crippen molar-refractivity contribution in [2.45, 2.75) is 0 Å². The van der Waals surface area contributed by atoms with E-state index in [9.17, 15) is 10.1 Å². The second-order valence-corrected chi connectivity index (χ2v) is 6.59. The lowest BCUT2D eigenvalue weighted by Gasteiger charge is -2.11. The van der Waals surface area contributed by atoms with Crippen LogP contribution in [0.15, 0.2) is 48.7 Å². The van der Waals surface area contributed by atoms with Gasteiger partial charge in [0.1, 0.15) is 5.69 Å². The number of nitrogens with zero attached hydrogens (tertiary/aromatic N) is 2. The zero-order valence-corrected chi connectivity index (χ0v) is 15.4. The molecule has 1 aromatic heterocycles. The molecule has 3 rings (SSSR count). The summed E-state index contributed by atoms with van der Waals surface area (Å²) >= 11 is 24.5. The van der Waals surface area contributed by atoms with Gasteiger partial charge in [0.05, 0.1) is 30.6 Å². The molecule has 0 aliphatic carbocycles. The normalized spacial score (nSPS) is 10.7. The summed E-state index contributed by atoms with van der Waals surface area (Å²) in [7, 11) is 0. The monoisotopic (exact) mass is 412 g/mol. The van der Waals surface area contributed by atoms with E-state index < -0.39 is 4.92 Å². The number of pyridine rings is 1. The molecule has 0 amide bonds. The number of hydrogen-bond acceptors (Lipinski definition) is 3. The molecule has 0 spiro atoms. The first kappa shape index (κ1) is 18.0. The van der Waals surface area contributed by atoms with E-state index in [2.05, 4.69) is 4.98 Å². The third-order valence-electron chi connectivity index (χ3n) is 3.56. The van der Waals surface area contributed by atoms with Crippen LogP contribution in [-0.2, 0) is 0 Å². The second kappa shape index (κ2) is 7.18. The van der Waals surface area contributed by atoms with Crippen molar-refractivity contribution < 1.29 is 4.92 Å². The molecule has 0 aliphatic rings. The predicted octanol–water partition coefficient (Wildman–Crippen LogP) is 6.94. The van der Waals surface area contributed by atoms with Gasteiger partial charge in [-0.15, -0.1) is 0 Å². The van der Waals surface area contributed by atoms with Crippen molar-refractivity contribution in [3.05, 3.63) is 78.9 Å². The van der Waals surface area contributed by atoms with E-state index in [4.69, 9.17) is 46.4 Å². The quantitative estimate of drug-likeness (QED) is 0.345. The largest absolute Gasteiger partial charge is 0.303 e. The molecule has 25 heavy (non-hydrogen) atoms. The van der Waals surface area contributed by atoms with Crippen LogP contribution in [-0.4, -0.2) is 9.91 Å². The minimum Gasteiger partial charge on any atom is -0.258 e. The summed E-state index contributed by atoms with van der Waals surface area (Å²) in [4.78, 5) is 15.4. The highest BCUT2D eigenvalue weighted by Gasteiger charge is 2.26. The third-order valence-corrected chi connectivity index (χ3v) is 5.19.